The van der Waals surface area contributed by atoms with Gasteiger partial charge in [0.15, 0.2) is 0 Å². The van der Waals surface area contributed by atoms with Crippen LogP contribution < -0.4 is 5.32 Å². The van der Waals surface area contributed by atoms with Crippen molar-refractivity contribution in [2.75, 3.05) is 0 Å². The number of carboxylic acids is 1. The molecule has 0 spiro atoms. The number of nitrogens with one attached hydrogen (secondary N) is 1. The van der Waals surface area contributed by atoms with E-state index in [0.29, 0.717) is 11.1 Å². The summed E-state index contributed by atoms with van der Waals surface area (Å²) in [6.45, 7) is 3.48. The molecule has 2 N–H and O–H groups in total. The highest BCUT2D eigenvalue weighted by Gasteiger charge is 2.24. The number of aryl methyl sites for hydroxylation is 1. The van der Waals surface area contributed by atoms with Gasteiger partial charge in [0.2, 0.25) is 0 Å². The van der Waals surface area contributed by atoms with E-state index in [2.05, 4.69) is 15.6 Å². The van der Waals surface area contributed by atoms with Crippen LogP contribution in [-0.2, 0) is 11.8 Å². The molecule has 1 amide bonds. The second kappa shape index (κ2) is 5.28. The molecule has 1 atom stereocenters. The molecule has 0 fully saturated rings. The summed E-state index contributed by atoms with van der Waals surface area (Å²) >= 11 is 0. The number of hydrogen-bond acceptors (Lipinski definition) is 4. The van der Waals surface area contributed by atoms with E-state index in [4.69, 9.17) is 5.11 Å². The fraction of sp³-hybridized carbons (Fsp3) is 0.385. The molecule has 0 aliphatic carbocycles. The lowest BCUT2D eigenvalue weighted by Crippen LogP contribution is -2.44. The molecule has 0 aliphatic heterocycles. The number of hydrogen-bond donors (Lipinski definition) is 2. The summed E-state index contributed by atoms with van der Waals surface area (Å²) in [5.74, 6) is -1.68. The average Bonchev–Trinajstić information content (AvgIpc) is 2.76. The fourth-order valence-corrected chi connectivity index (χ4v) is 1.92. The minimum Gasteiger partial charge on any atom is -0.480 e. The van der Waals surface area contributed by atoms with E-state index in [1.54, 1.807) is 43.8 Å². The minimum absolute atomic E-state index is 0.198. The summed E-state index contributed by atoms with van der Waals surface area (Å²) in [7, 11) is 1.76. The Hall–Kier alpha value is -2.44. The van der Waals surface area contributed by atoms with Crippen molar-refractivity contribution in [3.8, 4) is 0 Å². The number of carboxylic acid groups (broad SMARTS) is 1. The molecule has 0 aliphatic rings. The molecule has 20 heavy (non-hydrogen) atoms. The van der Waals surface area contributed by atoms with E-state index in [9.17, 15) is 9.59 Å². The highest BCUT2D eigenvalue weighted by atomic mass is 16.4. The summed E-state index contributed by atoms with van der Waals surface area (Å²) in [6, 6.07) is 4.03. The zero-order valence-electron chi connectivity index (χ0n) is 11.5. The first-order valence-electron chi connectivity index (χ1n) is 6.23. The molecule has 2 aromatic rings. The summed E-state index contributed by atoms with van der Waals surface area (Å²) in [5, 5.41) is 19.4. The molecule has 1 aromatic carbocycles. The second-order valence-electron chi connectivity index (χ2n) is 4.95. The minimum atomic E-state index is -1.05. The molecule has 1 heterocycles. The van der Waals surface area contributed by atoms with Crippen LogP contribution in [-0.4, -0.2) is 38.0 Å². The maximum atomic E-state index is 12.1. The smallest absolute Gasteiger partial charge is 0.326 e. The predicted molar refractivity (Wildman–Crippen MR) is 72.2 cm³/mol. The Balaban J connectivity index is 2.24. The highest BCUT2D eigenvalue weighted by Crippen LogP contribution is 2.13. The van der Waals surface area contributed by atoms with Crippen LogP contribution in [0.2, 0.25) is 0 Å². The molecular weight excluding hydrogens is 260 g/mol. The lowest BCUT2D eigenvalue weighted by Gasteiger charge is -2.17. The van der Waals surface area contributed by atoms with Gasteiger partial charge < -0.3 is 10.4 Å². The molecule has 1 aromatic heterocycles. The first-order chi connectivity index (χ1) is 9.40. The van der Waals surface area contributed by atoms with E-state index in [-0.39, 0.29) is 5.92 Å². The van der Waals surface area contributed by atoms with E-state index < -0.39 is 17.9 Å². The first kappa shape index (κ1) is 14.0. The Morgan fingerprint density at radius 2 is 2.05 bits per heavy atom. The number of carbonyl (C=O) groups excluding carboxylic acids is 1. The highest BCUT2D eigenvalue weighted by molar-refractivity contribution is 5.99. The standard InChI is InChI=1S/C13H16N4O3/c1-7(2)11(13(19)20)14-12(18)8-4-5-10-9(6-8)15-16-17(10)3/h4-7,11H,1-3H3,(H,14,18)(H,19,20)/t11-/m0/s1. The van der Waals surface area contributed by atoms with Crippen LogP contribution in [0.3, 0.4) is 0 Å². The summed E-state index contributed by atoms with van der Waals surface area (Å²) in [4.78, 5) is 23.2. The number of amides is 1. The molecule has 7 heteroatoms. The van der Waals surface area contributed by atoms with Crippen molar-refractivity contribution in [1.29, 1.82) is 0 Å². The van der Waals surface area contributed by atoms with Crippen LogP contribution in [0.25, 0.3) is 11.0 Å². The van der Waals surface area contributed by atoms with Gasteiger partial charge >= 0.3 is 5.97 Å². The number of carbonyl (C=O) groups is 2. The number of benzene rings is 1. The Bertz CT molecular complexity index is 663. The van der Waals surface area contributed by atoms with Gasteiger partial charge in [0, 0.05) is 12.6 Å². The number of aliphatic carboxylic acids is 1. The Morgan fingerprint density at radius 1 is 1.35 bits per heavy atom. The monoisotopic (exact) mass is 276 g/mol. The van der Waals surface area contributed by atoms with Crippen molar-refractivity contribution in [2.24, 2.45) is 13.0 Å². The number of nitrogens with zero attached hydrogens (tertiary/aromatic N) is 3. The molecule has 0 saturated heterocycles. The molecule has 0 bridgehead atoms. The van der Waals surface area contributed by atoms with Gasteiger partial charge in [-0.2, -0.15) is 0 Å². The van der Waals surface area contributed by atoms with Gasteiger partial charge in [-0.3, -0.25) is 4.79 Å². The number of aromatic nitrogens is 3. The van der Waals surface area contributed by atoms with Gasteiger partial charge in [-0.25, -0.2) is 9.48 Å². The lowest BCUT2D eigenvalue weighted by atomic mass is 10.0. The third kappa shape index (κ3) is 2.61. The third-order valence-electron chi connectivity index (χ3n) is 3.09. The van der Waals surface area contributed by atoms with Crippen molar-refractivity contribution >= 4 is 22.9 Å². The van der Waals surface area contributed by atoms with Crippen LogP contribution in [0, 0.1) is 5.92 Å². The van der Waals surface area contributed by atoms with Gasteiger partial charge in [-0.1, -0.05) is 19.1 Å². The van der Waals surface area contributed by atoms with E-state index in [1.807, 2.05) is 0 Å². The van der Waals surface area contributed by atoms with Crippen molar-refractivity contribution in [2.45, 2.75) is 19.9 Å². The van der Waals surface area contributed by atoms with E-state index >= 15 is 0 Å². The number of rotatable bonds is 4. The van der Waals surface area contributed by atoms with Crippen LogP contribution >= 0.6 is 0 Å². The molecule has 7 nitrogen and oxygen atoms in total. The average molecular weight is 276 g/mol. The van der Waals surface area contributed by atoms with Crippen LogP contribution in [0.5, 0.6) is 0 Å². The SMILES string of the molecule is CC(C)[C@H](NC(=O)c1ccc2c(c1)nnn2C)C(=O)O. The predicted octanol–water partition coefficient (Wildman–Crippen LogP) is 0.807. The first-order valence-corrected chi connectivity index (χ1v) is 6.23. The Morgan fingerprint density at radius 3 is 2.65 bits per heavy atom. The van der Waals surface area contributed by atoms with Crippen LogP contribution in [0.1, 0.15) is 24.2 Å². The molecule has 106 valence electrons. The van der Waals surface area contributed by atoms with Gasteiger partial charge in [0.25, 0.3) is 5.91 Å². The van der Waals surface area contributed by atoms with Gasteiger partial charge in [-0.05, 0) is 24.1 Å². The summed E-state index contributed by atoms with van der Waals surface area (Å²) in [5.41, 5.74) is 1.77. The molecule has 2 rings (SSSR count). The largest absolute Gasteiger partial charge is 0.480 e. The summed E-state index contributed by atoms with van der Waals surface area (Å²) < 4.78 is 1.60. The number of fused-ring (bicyclic) bond motifs is 1. The van der Waals surface area contributed by atoms with Gasteiger partial charge in [0.1, 0.15) is 11.6 Å². The van der Waals surface area contributed by atoms with Crippen LogP contribution in [0.15, 0.2) is 18.2 Å². The Kier molecular flexibility index (Phi) is 3.69. The van der Waals surface area contributed by atoms with E-state index in [0.717, 1.165) is 5.52 Å². The van der Waals surface area contributed by atoms with Crippen molar-refractivity contribution in [3.05, 3.63) is 23.8 Å². The fourth-order valence-electron chi connectivity index (χ4n) is 1.92. The third-order valence-corrected chi connectivity index (χ3v) is 3.09. The van der Waals surface area contributed by atoms with Crippen molar-refractivity contribution < 1.29 is 14.7 Å². The second-order valence-corrected chi connectivity index (χ2v) is 4.95. The molecule has 0 unspecified atom stereocenters. The zero-order chi connectivity index (χ0) is 14.9. The summed E-state index contributed by atoms with van der Waals surface area (Å²) in [6.07, 6.45) is 0. The molecular formula is C13H16N4O3. The molecule has 0 radical (unpaired) electrons. The van der Waals surface area contributed by atoms with Crippen LogP contribution in [0.4, 0.5) is 0 Å². The Labute approximate surface area is 115 Å². The maximum absolute atomic E-state index is 12.1. The van der Waals surface area contributed by atoms with Crippen molar-refractivity contribution in [1.82, 2.24) is 20.3 Å². The van der Waals surface area contributed by atoms with Gasteiger partial charge in [0.05, 0.1) is 5.52 Å². The van der Waals surface area contributed by atoms with E-state index in [1.165, 1.54) is 0 Å². The normalized spacial score (nSPS) is 12.6. The quantitative estimate of drug-likeness (QED) is 0.861. The van der Waals surface area contributed by atoms with Gasteiger partial charge in [-0.15, -0.1) is 5.10 Å². The zero-order valence-corrected chi connectivity index (χ0v) is 11.5. The lowest BCUT2D eigenvalue weighted by molar-refractivity contribution is -0.140. The topological polar surface area (TPSA) is 97.1 Å². The maximum Gasteiger partial charge on any atom is 0.326 e. The molecule has 0 saturated carbocycles. The van der Waals surface area contributed by atoms with Crippen molar-refractivity contribution in [3.63, 3.8) is 0 Å².